The van der Waals surface area contributed by atoms with Crippen LogP contribution in [0.2, 0.25) is 0 Å². The van der Waals surface area contributed by atoms with Crippen molar-refractivity contribution in [1.82, 2.24) is 5.32 Å². The molecule has 0 aliphatic heterocycles. The van der Waals surface area contributed by atoms with Gasteiger partial charge in [0.1, 0.15) is 6.61 Å². The van der Waals surface area contributed by atoms with Crippen molar-refractivity contribution in [3.8, 4) is 0 Å². The quantitative estimate of drug-likeness (QED) is 0.731. The van der Waals surface area contributed by atoms with E-state index in [-0.39, 0.29) is 6.04 Å². The Labute approximate surface area is 109 Å². The van der Waals surface area contributed by atoms with Gasteiger partial charge in [-0.3, -0.25) is 0 Å². The highest BCUT2D eigenvalue weighted by Crippen LogP contribution is 2.20. The zero-order chi connectivity index (χ0) is 13.4. The molecule has 1 unspecified atom stereocenters. The van der Waals surface area contributed by atoms with E-state index >= 15 is 0 Å². The number of primary amides is 1. The largest absolute Gasteiger partial charge is 0.448 e. The number of carbonyl (C=O) groups excluding carboxylic acids is 1. The Balaban J connectivity index is 2.49. The van der Waals surface area contributed by atoms with Crippen LogP contribution in [-0.4, -0.2) is 19.2 Å². The predicted molar refractivity (Wildman–Crippen MR) is 72.2 cm³/mol. The number of carbonyl (C=O) groups is 1. The van der Waals surface area contributed by atoms with Crippen LogP contribution in [0.3, 0.4) is 0 Å². The van der Waals surface area contributed by atoms with Crippen LogP contribution in [0.5, 0.6) is 0 Å². The average molecular weight is 250 g/mol. The molecule has 4 heteroatoms. The summed E-state index contributed by atoms with van der Waals surface area (Å²) < 4.78 is 4.71. The topological polar surface area (TPSA) is 64.3 Å². The molecule has 0 radical (unpaired) electrons. The molecule has 1 atom stereocenters. The Morgan fingerprint density at radius 1 is 1.33 bits per heavy atom. The van der Waals surface area contributed by atoms with E-state index in [2.05, 4.69) is 31.3 Å². The summed E-state index contributed by atoms with van der Waals surface area (Å²) in [7, 11) is 0. The molecule has 0 saturated heterocycles. The van der Waals surface area contributed by atoms with Crippen LogP contribution in [0.25, 0.3) is 0 Å². The zero-order valence-electron chi connectivity index (χ0n) is 11.1. The molecule has 18 heavy (non-hydrogen) atoms. The van der Waals surface area contributed by atoms with Gasteiger partial charge in [-0.1, -0.05) is 44.2 Å². The molecule has 0 fully saturated rings. The van der Waals surface area contributed by atoms with E-state index in [0.29, 0.717) is 19.1 Å². The van der Waals surface area contributed by atoms with Gasteiger partial charge in [-0.15, -0.1) is 0 Å². The first-order valence-electron chi connectivity index (χ1n) is 6.30. The van der Waals surface area contributed by atoms with Gasteiger partial charge in [-0.25, -0.2) is 4.79 Å². The number of amides is 1. The van der Waals surface area contributed by atoms with Crippen molar-refractivity contribution in [1.29, 1.82) is 0 Å². The fourth-order valence-electron chi connectivity index (χ4n) is 1.88. The second-order valence-electron chi connectivity index (χ2n) is 4.71. The lowest BCUT2D eigenvalue weighted by Gasteiger charge is -2.21. The Hall–Kier alpha value is -1.55. The minimum atomic E-state index is -0.725. The zero-order valence-corrected chi connectivity index (χ0v) is 11.1. The van der Waals surface area contributed by atoms with Gasteiger partial charge in [-0.05, 0) is 17.9 Å². The standard InChI is InChI=1S/C14H22N2O2/c1-11(2)10-13(12-6-4-3-5-7-12)16-8-9-18-14(15)17/h3-7,11,13,16H,8-10H2,1-2H3,(H2,15,17). The van der Waals surface area contributed by atoms with Gasteiger partial charge in [0.25, 0.3) is 0 Å². The van der Waals surface area contributed by atoms with E-state index in [1.807, 2.05) is 18.2 Å². The lowest BCUT2D eigenvalue weighted by atomic mass is 9.97. The van der Waals surface area contributed by atoms with E-state index in [0.717, 1.165) is 6.42 Å². The molecule has 0 bridgehead atoms. The summed E-state index contributed by atoms with van der Waals surface area (Å²) >= 11 is 0. The van der Waals surface area contributed by atoms with Crippen LogP contribution < -0.4 is 11.1 Å². The molecule has 0 heterocycles. The first-order chi connectivity index (χ1) is 8.59. The third kappa shape index (κ3) is 5.68. The van der Waals surface area contributed by atoms with Crippen LogP contribution in [0.15, 0.2) is 30.3 Å². The second-order valence-corrected chi connectivity index (χ2v) is 4.71. The Morgan fingerprint density at radius 3 is 2.56 bits per heavy atom. The summed E-state index contributed by atoms with van der Waals surface area (Å²) in [4.78, 5) is 10.5. The molecular weight excluding hydrogens is 228 g/mol. The van der Waals surface area contributed by atoms with Crippen LogP contribution >= 0.6 is 0 Å². The molecule has 1 aromatic carbocycles. The summed E-state index contributed by atoms with van der Waals surface area (Å²) in [6, 6.07) is 10.6. The Morgan fingerprint density at radius 2 is 2.00 bits per heavy atom. The number of benzene rings is 1. The Bertz CT molecular complexity index is 352. The molecule has 1 aromatic rings. The lowest BCUT2D eigenvalue weighted by Crippen LogP contribution is -2.28. The average Bonchev–Trinajstić information content (AvgIpc) is 2.33. The van der Waals surface area contributed by atoms with E-state index < -0.39 is 6.09 Å². The third-order valence-electron chi connectivity index (χ3n) is 2.65. The van der Waals surface area contributed by atoms with Gasteiger partial charge in [-0.2, -0.15) is 0 Å². The Kier molecular flexibility index (Phi) is 6.22. The number of hydrogen-bond acceptors (Lipinski definition) is 3. The van der Waals surface area contributed by atoms with E-state index in [1.54, 1.807) is 0 Å². The summed E-state index contributed by atoms with van der Waals surface area (Å²) in [5.41, 5.74) is 6.17. The van der Waals surface area contributed by atoms with Crippen molar-refractivity contribution in [2.45, 2.75) is 26.3 Å². The summed E-state index contributed by atoms with van der Waals surface area (Å²) in [6.45, 7) is 5.29. The van der Waals surface area contributed by atoms with Crippen LogP contribution in [0.4, 0.5) is 4.79 Å². The maximum absolute atomic E-state index is 10.5. The monoisotopic (exact) mass is 250 g/mol. The second kappa shape index (κ2) is 7.71. The summed E-state index contributed by atoms with van der Waals surface area (Å²) in [5.74, 6) is 0.597. The highest BCUT2D eigenvalue weighted by Gasteiger charge is 2.12. The molecule has 0 aliphatic carbocycles. The molecule has 0 saturated carbocycles. The first kappa shape index (κ1) is 14.5. The maximum Gasteiger partial charge on any atom is 0.404 e. The number of nitrogens with two attached hydrogens (primary N) is 1. The molecule has 100 valence electrons. The minimum Gasteiger partial charge on any atom is -0.448 e. The molecule has 0 aliphatic rings. The minimum absolute atomic E-state index is 0.280. The fourth-order valence-corrected chi connectivity index (χ4v) is 1.88. The van der Waals surface area contributed by atoms with Gasteiger partial charge < -0.3 is 15.8 Å². The van der Waals surface area contributed by atoms with Crippen molar-refractivity contribution in [2.24, 2.45) is 11.7 Å². The summed E-state index contributed by atoms with van der Waals surface area (Å²) in [6.07, 6.45) is 0.317. The van der Waals surface area contributed by atoms with E-state index in [9.17, 15) is 4.79 Å². The number of rotatable bonds is 7. The van der Waals surface area contributed by atoms with Crippen molar-refractivity contribution in [3.05, 3.63) is 35.9 Å². The van der Waals surface area contributed by atoms with Gasteiger partial charge in [0, 0.05) is 12.6 Å². The summed E-state index contributed by atoms with van der Waals surface area (Å²) in [5, 5.41) is 3.39. The third-order valence-corrected chi connectivity index (χ3v) is 2.65. The predicted octanol–water partition coefficient (Wildman–Crippen LogP) is 2.46. The molecule has 0 aromatic heterocycles. The van der Waals surface area contributed by atoms with Crippen molar-refractivity contribution >= 4 is 6.09 Å². The first-order valence-corrected chi connectivity index (χ1v) is 6.30. The van der Waals surface area contributed by atoms with E-state index in [4.69, 9.17) is 10.5 Å². The van der Waals surface area contributed by atoms with Crippen molar-refractivity contribution in [3.63, 3.8) is 0 Å². The number of hydrogen-bond donors (Lipinski definition) is 2. The van der Waals surface area contributed by atoms with Crippen LogP contribution in [0.1, 0.15) is 31.9 Å². The molecular formula is C14H22N2O2. The SMILES string of the molecule is CC(C)CC(NCCOC(N)=O)c1ccccc1. The fraction of sp³-hybridized carbons (Fsp3) is 0.500. The highest BCUT2D eigenvalue weighted by atomic mass is 16.5. The van der Waals surface area contributed by atoms with Gasteiger partial charge in [0.2, 0.25) is 0 Å². The maximum atomic E-state index is 10.5. The van der Waals surface area contributed by atoms with Crippen molar-refractivity contribution < 1.29 is 9.53 Å². The van der Waals surface area contributed by atoms with Gasteiger partial charge in [0.15, 0.2) is 0 Å². The molecule has 1 rings (SSSR count). The van der Waals surface area contributed by atoms with Gasteiger partial charge >= 0.3 is 6.09 Å². The number of ether oxygens (including phenoxy) is 1. The number of nitrogens with one attached hydrogen (secondary N) is 1. The van der Waals surface area contributed by atoms with E-state index in [1.165, 1.54) is 5.56 Å². The molecule has 3 N–H and O–H groups in total. The van der Waals surface area contributed by atoms with Crippen molar-refractivity contribution in [2.75, 3.05) is 13.2 Å². The highest BCUT2D eigenvalue weighted by molar-refractivity contribution is 5.64. The van der Waals surface area contributed by atoms with Crippen LogP contribution in [-0.2, 0) is 4.74 Å². The molecule has 0 spiro atoms. The molecule has 1 amide bonds. The normalized spacial score (nSPS) is 12.4. The van der Waals surface area contributed by atoms with Crippen LogP contribution in [0, 0.1) is 5.92 Å². The van der Waals surface area contributed by atoms with Gasteiger partial charge in [0.05, 0.1) is 0 Å². The lowest BCUT2D eigenvalue weighted by molar-refractivity contribution is 0.155. The molecule has 4 nitrogen and oxygen atoms in total. The smallest absolute Gasteiger partial charge is 0.404 e.